The van der Waals surface area contributed by atoms with E-state index in [9.17, 15) is 0 Å². The molecule has 1 aromatic carbocycles. The number of rotatable bonds is 5. The second kappa shape index (κ2) is 6.22. The number of hydrogen-bond acceptors (Lipinski definition) is 6. The van der Waals surface area contributed by atoms with Gasteiger partial charge < -0.3 is 14.8 Å². The van der Waals surface area contributed by atoms with Gasteiger partial charge in [0.2, 0.25) is 5.89 Å². The maximum absolute atomic E-state index is 6.43. The average Bonchev–Trinajstić information content (AvgIpc) is 3.29. The quantitative estimate of drug-likeness (QED) is 0.766. The number of thioether (sulfide) groups is 1. The Morgan fingerprint density at radius 3 is 2.83 bits per heavy atom. The number of hydrogen-bond donors (Lipinski definition) is 1. The van der Waals surface area contributed by atoms with Gasteiger partial charge in [0.15, 0.2) is 5.82 Å². The van der Waals surface area contributed by atoms with Crippen LogP contribution in [-0.4, -0.2) is 25.9 Å². The van der Waals surface area contributed by atoms with Crippen molar-refractivity contribution in [1.82, 2.24) is 19.7 Å². The van der Waals surface area contributed by atoms with Crippen molar-refractivity contribution in [3.8, 4) is 0 Å². The molecule has 3 aromatic rings. The predicted molar refractivity (Wildman–Crippen MR) is 94.7 cm³/mol. The van der Waals surface area contributed by atoms with Crippen LogP contribution < -0.4 is 5.73 Å². The third kappa shape index (κ3) is 2.71. The summed E-state index contributed by atoms with van der Waals surface area (Å²) < 4.78 is 7.65. The van der Waals surface area contributed by atoms with Crippen LogP contribution in [0.25, 0.3) is 11.0 Å². The molecular weight excluding hydrogens is 322 g/mol. The molecule has 0 saturated heterocycles. The molecule has 0 amide bonds. The normalized spacial score (nSPS) is 16.9. The summed E-state index contributed by atoms with van der Waals surface area (Å²) in [6, 6.07) is 8.13. The Kier molecular flexibility index (Phi) is 4.05. The summed E-state index contributed by atoms with van der Waals surface area (Å²) in [5.74, 6) is 3.10. The zero-order chi connectivity index (χ0) is 16.6. The molecule has 0 atom stereocenters. The Bertz CT molecular complexity index is 850. The molecule has 6 nitrogen and oxygen atoms in total. The lowest BCUT2D eigenvalue weighted by Crippen LogP contribution is -2.34. The summed E-state index contributed by atoms with van der Waals surface area (Å²) in [6.45, 7) is 0.527. The molecule has 0 aliphatic heterocycles. The van der Waals surface area contributed by atoms with Gasteiger partial charge in [-0.3, -0.25) is 0 Å². The first kappa shape index (κ1) is 15.7. The van der Waals surface area contributed by atoms with Crippen LogP contribution in [0.4, 0.5) is 0 Å². The molecule has 2 heterocycles. The fourth-order valence-corrected chi connectivity index (χ4v) is 3.91. The van der Waals surface area contributed by atoms with Crippen LogP contribution in [0.3, 0.4) is 0 Å². The van der Waals surface area contributed by atoms with Crippen LogP contribution in [0.1, 0.15) is 43.2 Å². The van der Waals surface area contributed by atoms with Gasteiger partial charge in [-0.15, -0.1) is 0 Å². The minimum absolute atomic E-state index is 0.416. The lowest BCUT2D eigenvalue weighted by molar-refractivity contribution is 0.344. The zero-order valence-corrected chi connectivity index (χ0v) is 14.6. The summed E-state index contributed by atoms with van der Waals surface area (Å²) in [4.78, 5) is 9.31. The van der Waals surface area contributed by atoms with Gasteiger partial charge >= 0.3 is 0 Å². The zero-order valence-electron chi connectivity index (χ0n) is 13.7. The van der Waals surface area contributed by atoms with Gasteiger partial charge in [0, 0.05) is 0 Å². The molecule has 0 bridgehead atoms. The van der Waals surface area contributed by atoms with Gasteiger partial charge in [0.05, 0.1) is 22.3 Å². The van der Waals surface area contributed by atoms with Crippen LogP contribution in [0.5, 0.6) is 0 Å². The SMILES string of the molecule is CSCc1nc2ccccc2n1Cc1nc(C2(N)CCCC2)no1. The molecule has 2 aromatic heterocycles. The number of aromatic nitrogens is 4. The Labute approximate surface area is 144 Å². The Hall–Kier alpha value is -1.86. The number of imidazole rings is 1. The minimum Gasteiger partial charge on any atom is -0.337 e. The molecule has 1 saturated carbocycles. The first-order chi connectivity index (χ1) is 11.7. The van der Waals surface area contributed by atoms with E-state index in [1.54, 1.807) is 11.8 Å². The number of benzene rings is 1. The maximum Gasteiger partial charge on any atom is 0.246 e. The molecule has 7 heteroatoms. The largest absolute Gasteiger partial charge is 0.337 e. The van der Waals surface area contributed by atoms with Gasteiger partial charge in [-0.1, -0.05) is 30.1 Å². The molecule has 2 N–H and O–H groups in total. The van der Waals surface area contributed by atoms with Crippen LogP contribution in [0.15, 0.2) is 28.8 Å². The van der Waals surface area contributed by atoms with Crippen LogP contribution >= 0.6 is 11.8 Å². The van der Waals surface area contributed by atoms with Gasteiger partial charge in [-0.05, 0) is 31.2 Å². The maximum atomic E-state index is 6.43. The molecule has 0 spiro atoms. The van der Waals surface area contributed by atoms with Gasteiger partial charge in [-0.2, -0.15) is 16.7 Å². The van der Waals surface area contributed by atoms with E-state index in [1.165, 1.54) is 0 Å². The average molecular weight is 343 g/mol. The summed E-state index contributed by atoms with van der Waals surface area (Å²) in [7, 11) is 0. The van der Waals surface area contributed by atoms with Crippen LogP contribution in [-0.2, 0) is 17.8 Å². The van der Waals surface area contributed by atoms with E-state index in [1.807, 2.05) is 18.2 Å². The highest BCUT2D eigenvalue weighted by Gasteiger charge is 2.36. The van der Waals surface area contributed by atoms with Crippen molar-refractivity contribution in [2.75, 3.05) is 6.26 Å². The number of fused-ring (bicyclic) bond motifs is 1. The summed E-state index contributed by atoms with van der Waals surface area (Å²) in [5, 5.41) is 4.16. The van der Waals surface area contributed by atoms with Crippen molar-refractivity contribution < 1.29 is 4.52 Å². The molecule has 1 aliphatic rings. The molecule has 126 valence electrons. The fraction of sp³-hybridized carbons (Fsp3) is 0.471. The summed E-state index contributed by atoms with van der Waals surface area (Å²) in [5.41, 5.74) is 8.09. The highest BCUT2D eigenvalue weighted by atomic mass is 32.2. The highest BCUT2D eigenvalue weighted by molar-refractivity contribution is 7.97. The number of nitrogens with two attached hydrogens (primary N) is 1. The van der Waals surface area contributed by atoms with Crippen molar-refractivity contribution in [1.29, 1.82) is 0 Å². The second-order valence-corrected chi connectivity index (χ2v) is 7.28. The van der Waals surface area contributed by atoms with E-state index >= 15 is 0 Å². The van der Waals surface area contributed by atoms with E-state index in [4.69, 9.17) is 15.2 Å². The van der Waals surface area contributed by atoms with Crippen LogP contribution in [0, 0.1) is 0 Å². The molecule has 0 unspecified atom stereocenters. The van der Waals surface area contributed by atoms with Crippen molar-refractivity contribution in [3.63, 3.8) is 0 Å². The minimum atomic E-state index is -0.416. The highest BCUT2D eigenvalue weighted by Crippen LogP contribution is 2.34. The van der Waals surface area contributed by atoms with Gasteiger partial charge in [0.25, 0.3) is 0 Å². The van der Waals surface area contributed by atoms with Crippen molar-refractivity contribution in [2.24, 2.45) is 5.73 Å². The molecule has 1 aliphatic carbocycles. The van der Waals surface area contributed by atoms with Crippen LogP contribution in [0.2, 0.25) is 0 Å². The van der Waals surface area contributed by atoms with Gasteiger partial charge in [0.1, 0.15) is 12.4 Å². The van der Waals surface area contributed by atoms with E-state index < -0.39 is 5.54 Å². The second-order valence-electron chi connectivity index (χ2n) is 6.41. The summed E-state index contributed by atoms with van der Waals surface area (Å²) in [6.07, 6.45) is 6.19. The van der Waals surface area contributed by atoms with E-state index in [0.29, 0.717) is 18.3 Å². The van der Waals surface area contributed by atoms with Crippen molar-refractivity contribution in [2.45, 2.75) is 43.5 Å². The monoisotopic (exact) mass is 343 g/mol. The summed E-state index contributed by atoms with van der Waals surface area (Å²) >= 11 is 1.75. The first-order valence-corrected chi connectivity index (χ1v) is 9.64. The molecule has 0 radical (unpaired) electrons. The number of para-hydroxylation sites is 2. The molecular formula is C17H21N5OS. The fourth-order valence-electron chi connectivity index (χ4n) is 3.43. The Morgan fingerprint density at radius 2 is 2.04 bits per heavy atom. The topological polar surface area (TPSA) is 82.8 Å². The smallest absolute Gasteiger partial charge is 0.246 e. The first-order valence-electron chi connectivity index (χ1n) is 8.25. The van der Waals surface area contributed by atoms with Gasteiger partial charge in [-0.25, -0.2) is 4.98 Å². The van der Waals surface area contributed by atoms with E-state index in [0.717, 1.165) is 48.3 Å². The lowest BCUT2D eigenvalue weighted by atomic mass is 9.99. The van der Waals surface area contributed by atoms with E-state index in [2.05, 4.69) is 27.0 Å². The van der Waals surface area contributed by atoms with Crippen molar-refractivity contribution >= 4 is 22.8 Å². The number of nitrogens with zero attached hydrogens (tertiary/aromatic N) is 4. The standard InChI is InChI=1S/C17H21N5OS/c1-24-11-14-19-12-6-2-3-7-13(12)22(14)10-15-20-16(21-23-15)17(18)8-4-5-9-17/h2-3,6-7H,4-5,8-11,18H2,1H3. The van der Waals surface area contributed by atoms with Crippen molar-refractivity contribution in [3.05, 3.63) is 41.8 Å². The van der Waals surface area contributed by atoms with E-state index in [-0.39, 0.29) is 0 Å². The Morgan fingerprint density at radius 1 is 1.25 bits per heavy atom. The molecule has 1 fully saturated rings. The molecule has 24 heavy (non-hydrogen) atoms. The predicted octanol–water partition coefficient (Wildman–Crippen LogP) is 3.06. The third-order valence-electron chi connectivity index (χ3n) is 4.71. The lowest BCUT2D eigenvalue weighted by Gasteiger charge is -2.17. The Balaban J connectivity index is 1.67. The molecule has 4 rings (SSSR count). The third-order valence-corrected chi connectivity index (χ3v) is 5.26.